The second-order valence-electron chi connectivity index (χ2n) is 2.26. The van der Waals surface area contributed by atoms with Crippen LogP contribution in [0.1, 0.15) is 20.8 Å². The van der Waals surface area contributed by atoms with E-state index >= 15 is 0 Å². The second kappa shape index (κ2) is 4.77. The summed E-state index contributed by atoms with van der Waals surface area (Å²) in [4.78, 5) is 0. The highest BCUT2D eigenvalue weighted by Gasteiger charge is 2.09. The molecular weight excluding hydrogens is 114 g/mol. The van der Waals surface area contributed by atoms with Gasteiger partial charge in [-0.05, 0) is 20.8 Å². The Morgan fingerprint density at radius 3 is 2.44 bits per heavy atom. The maximum Gasteiger partial charge on any atom is 0.104 e. The molecule has 0 aliphatic carbocycles. The molecule has 2 unspecified atom stereocenters. The SMILES string of the molecule is [CH2-][NH2+]C(C)C(C)OCC. The first-order valence-corrected chi connectivity index (χ1v) is 3.46. The predicted molar refractivity (Wildman–Crippen MR) is 37.8 cm³/mol. The van der Waals surface area contributed by atoms with E-state index in [0.29, 0.717) is 12.1 Å². The first kappa shape index (κ1) is 8.92. The standard InChI is InChI=1S/C7H17NO/c1-5-9-7(3)6(2)8-4/h6-7H,4-5,8H2,1-3H3. The maximum absolute atomic E-state index is 5.32. The molecule has 2 heteroatoms. The van der Waals surface area contributed by atoms with E-state index in [1.165, 1.54) is 0 Å². The molecule has 0 aromatic carbocycles. The predicted octanol–water partition coefficient (Wildman–Crippen LogP) is 0.155. The lowest BCUT2D eigenvalue weighted by Crippen LogP contribution is -2.85. The van der Waals surface area contributed by atoms with E-state index in [-0.39, 0.29) is 0 Å². The maximum atomic E-state index is 5.32. The van der Waals surface area contributed by atoms with Crippen LogP contribution in [0.5, 0.6) is 0 Å². The lowest BCUT2D eigenvalue weighted by Gasteiger charge is -2.18. The quantitative estimate of drug-likeness (QED) is 0.540. The van der Waals surface area contributed by atoms with Crippen LogP contribution in [0.4, 0.5) is 0 Å². The van der Waals surface area contributed by atoms with E-state index in [2.05, 4.69) is 20.9 Å². The third-order valence-electron chi connectivity index (χ3n) is 1.54. The smallest absolute Gasteiger partial charge is 0.104 e. The summed E-state index contributed by atoms with van der Waals surface area (Å²) in [6.45, 7) is 6.97. The van der Waals surface area contributed by atoms with Gasteiger partial charge < -0.3 is 10.1 Å². The van der Waals surface area contributed by atoms with Gasteiger partial charge >= 0.3 is 0 Å². The van der Waals surface area contributed by atoms with Gasteiger partial charge in [-0.1, -0.05) is 0 Å². The molecule has 2 atom stereocenters. The van der Waals surface area contributed by atoms with Crippen molar-refractivity contribution < 1.29 is 10.1 Å². The van der Waals surface area contributed by atoms with Gasteiger partial charge in [0.1, 0.15) is 6.10 Å². The van der Waals surface area contributed by atoms with Crippen molar-refractivity contribution in [2.24, 2.45) is 0 Å². The van der Waals surface area contributed by atoms with Crippen molar-refractivity contribution in [3.8, 4) is 0 Å². The molecule has 2 nitrogen and oxygen atoms in total. The Morgan fingerprint density at radius 1 is 1.56 bits per heavy atom. The number of hydrogen-bond donors (Lipinski definition) is 1. The van der Waals surface area contributed by atoms with Gasteiger partial charge in [-0.2, -0.15) is 7.05 Å². The van der Waals surface area contributed by atoms with E-state index in [9.17, 15) is 0 Å². The summed E-state index contributed by atoms with van der Waals surface area (Å²) in [5.74, 6) is 0. The molecule has 0 spiro atoms. The molecule has 2 N–H and O–H groups in total. The number of hydrogen-bond acceptors (Lipinski definition) is 1. The fourth-order valence-corrected chi connectivity index (χ4v) is 0.606. The summed E-state index contributed by atoms with van der Waals surface area (Å²) in [5, 5.41) is 1.92. The molecule has 0 saturated heterocycles. The zero-order chi connectivity index (χ0) is 7.28. The number of quaternary nitrogens is 1. The second-order valence-corrected chi connectivity index (χ2v) is 2.26. The zero-order valence-corrected chi connectivity index (χ0v) is 6.55. The number of ether oxygens (including phenoxy) is 1. The third-order valence-corrected chi connectivity index (χ3v) is 1.54. The minimum atomic E-state index is 0.312. The van der Waals surface area contributed by atoms with Crippen molar-refractivity contribution in [2.45, 2.75) is 32.9 Å². The fraction of sp³-hybridized carbons (Fsp3) is 0.857. The number of nitrogens with two attached hydrogens (primary N) is 1. The van der Waals surface area contributed by atoms with E-state index in [4.69, 9.17) is 4.74 Å². The van der Waals surface area contributed by atoms with E-state index < -0.39 is 0 Å². The largest absolute Gasteiger partial charge is 0.474 e. The highest BCUT2D eigenvalue weighted by molar-refractivity contribution is 4.55. The van der Waals surface area contributed by atoms with Crippen LogP contribution < -0.4 is 5.32 Å². The summed E-state index contributed by atoms with van der Waals surface area (Å²) >= 11 is 0. The van der Waals surface area contributed by atoms with Crippen LogP contribution >= 0.6 is 0 Å². The van der Waals surface area contributed by atoms with Crippen molar-refractivity contribution in [1.82, 2.24) is 0 Å². The lowest BCUT2D eigenvalue weighted by molar-refractivity contribution is -0.638. The Balaban J connectivity index is 3.32. The highest BCUT2D eigenvalue weighted by atomic mass is 16.5. The lowest BCUT2D eigenvalue weighted by atomic mass is 10.2. The van der Waals surface area contributed by atoms with Crippen LogP contribution in [0, 0.1) is 7.05 Å². The Bertz CT molecular complexity index is 65.9. The molecule has 0 bridgehead atoms. The molecule has 0 fully saturated rings. The average molecular weight is 131 g/mol. The average Bonchev–Trinajstić information content (AvgIpc) is 1.87. The molecule has 0 amide bonds. The minimum absolute atomic E-state index is 0.312. The topological polar surface area (TPSA) is 25.8 Å². The van der Waals surface area contributed by atoms with Gasteiger partial charge in [-0.25, -0.2) is 0 Å². The molecule has 0 rings (SSSR count). The Morgan fingerprint density at radius 2 is 2.11 bits per heavy atom. The molecule has 0 aromatic rings. The minimum Gasteiger partial charge on any atom is -0.474 e. The highest BCUT2D eigenvalue weighted by Crippen LogP contribution is 1.92. The molecule has 0 aliphatic rings. The van der Waals surface area contributed by atoms with Gasteiger partial charge in [0, 0.05) is 6.61 Å². The molecule has 9 heavy (non-hydrogen) atoms. The Labute approximate surface area is 57.6 Å². The van der Waals surface area contributed by atoms with Crippen LogP contribution in [0.15, 0.2) is 0 Å². The van der Waals surface area contributed by atoms with E-state index in [0.717, 1.165) is 6.61 Å². The number of rotatable bonds is 4. The molecule has 0 heterocycles. The summed E-state index contributed by atoms with van der Waals surface area (Å²) in [7, 11) is 3.68. The summed E-state index contributed by atoms with van der Waals surface area (Å²) in [5.41, 5.74) is 0. The van der Waals surface area contributed by atoms with Gasteiger partial charge in [0.15, 0.2) is 0 Å². The van der Waals surface area contributed by atoms with Gasteiger partial charge in [0.2, 0.25) is 0 Å². The fourth-order valence-electron chi connectivity index (χ4n) is 0.606. The van der Waals surface area contributed by atoms with E-state index in [1.54, 1.807) is 0 Å². The molecule has 0 aliphatic heterocycles. The van der Waals surface area contributed by atoms with Crippen molar-refractivity contribution in [3.63, 3.8) is 0 Å². The normalized spacial score (nSPS) is 17.3. The molecular formula is C7H17NO. The molecule has 0 radical (unpaired) electrons. The van der Waals surface area contributed by atoms with Crippen LogP contribution in [0.25, 0.3) is 0 Å². The summed E-state index contributed by atoms with van der Waals surface area (Å²) in [6.07, 6.45) is 0.312. The molecule has 56 valence electrons. The van der Waals surface area contributed by atoms with Crippen molar-refractivity contribution >= 4 is 0 Å². The van der Waals surface area contributed by atoms with Crippen molar-refractivity contribution in [3.05, 3.63) is 7.05 Å². The third kappa shape index (κ3) is 3.49. The molecule has 0 saturated carbocycles. The monoisotopic (exact) mass is 131 g/mol. The Kier molecular flexibility index (Phi) is 4.72. The van der Waals surface area contributed by atoms with Crippen molar-refractivity contribution in [2.75, 3.05) is 6.61 Å². The van der Waals surface area contributed by atoms with Crippen LogP contribution in [0.3, 0.4) is 0 Å². The summed E-state index contributed by atoms with van der Waals surface area (Å²) in [6, 6.07) is 0.463. The summed E-state index contributed by atoms with van der Waals surface area (Å²) < 4.78 is 5.32. The Hall–Kier alpha value is -0.0800. The van der Waals surface area contributed by atoms with Gasteiger partial charge in [-0.3, -0.25) is 0 Å². The van der Waals surface area contributed by atoms with Crippen molar-refractivity contribution in [1.29, 1.82) is 0 Å². The van der Waals surface area contributed by atoms with Crippen LogP contribution in [-0.4, -0.2) is 18.8 Å². The zero-order valence-electron chi connectivity index (χ0n) is 6.55. The van der Waals surface area contributed by atoms with Crippen LogP contribution in [0.2, 0.25) is 0 Å². The van der Waals surface area contributed by atoms with E-state index in [1.807, 2.05) is 12.2 Å². The first-order valence-electron chi connectivity index (χ1n) is 3.46. The van der Waals surface area contributed by atoms with Gasteiger partial charge in [0.05, 0.1) is 6.04 Å². The van der Waals surface area contributed by atoms with Crippen LogP contribution in [-0.2, 0) is 4.74 Å². The first-order chi connectivity index (χ1) is 4.22. The van der Waals surface area contributed by atoms with Gasteiger partial charge in [-0.15, -0.1) is 0 Å². The van der Waals surface area contributed by atoms with Gasteiger partial charge in [0.25, 0.3) is 0 Å². The molecule has 0 aromatic heterocycles.